The van der Waals surface area contributed by atoms with Gasteiger partial charge in [0.2, 0.25) is 5.91 Å². The van der Waals surface area contributed by atoms with Gasteiger partial charge in [-0.3, -0.25) is 4.79 Å². The van der Waals surface area contributed by atoms with Gasteiger partial charge in [-0.15, -0.1) is 0 Å². The number of aromatic nitrogens is 2. The van der Waals surface area contributed by atoms with E-state index in [1.807, 2.05) is 42.1 Å². The topological polar surface area (TPSA) is 74.0 Å². The van der Waals surface area contributed by atoms with Gasteiger partial charge in [0.25, 0.3) is 0 Å². The summed E-state index contributed by atoms with van der Waals surface area (Å²) < 4.78 is 2.02. The van der Waals surface area contributed by atoms with Crippen molar-refractivity contribution in [3.63, 3.8) is 0 Å². The monoisotopic (exact) mass is 349 g/mol. The molecule has 2 heterocycles. The Labute approximate surface area is 153 Å². The lowest BCUT2D eigenvalue weighted by Crippen LogP contribution is -2.52. The van der Waals surface area contributed by atoms with E-state index in [2.05, 4.69) is 21.3 Å². The number of rotatable bonds is 5. The predicted octanol–water partition coefficient (Wildman–Crippen LogP) is 2.28. The van der Waals surface area contributed by atoms with Crippen LogP contribution in [-0.2, 0) is 18.4 Å². The zero-order valence-electron chi connectivity index (χ0n) is 14.9. The molecule has 1 saturated carbocycles. The van der Waals surface area contributed by atoms with Gasteiger partial charge in [-0.2, -0.15) is 5.26 Å². The summed E-state index contributed by atoms with van der Waals surface area (Å²) in [6.45, 7) is 0.712. The van der Waals surface area contributed by atoms with Crippen LogP contribution in [0, 0.1) is 11.3 Å². The number of likely N-dealkylation sites (tertiary alicyclic amines) is 1. The highest BCUT2D eigenvalue weighted by atomic mass is 16.2. The normalized spacial score (nSPS) is 23.1. The van der Waals surface area contributed by atoms with Crippen LogP contribution in [0.4, 0.5) is 0 Å². The fourth-order valence-corrected chi connectivity index (χ4v) is 3.82. The first-order valence-corrected chi connectivity index (χ1v) is 9.18. The van der Waals surface area contributed by atoms with Crippen LogP contribution in [0.5, 0.6) is 0 Å². The van der Waals surface area contributed by atoms with E-state index in [9.17, 15) is 4.79 Å². The lowest BCUT2D eigenvalue weighted by molar-refractivity contribution is -0.139. The van der Waals surface area contributed by atoms with Crippen LogP contribution >= 0.6 is 0 Å². The second kappa shape index (κ2) is 6.93. The predicted molar refractivity (Wildman–Crippen MR) is 96.8 cm³/mol. The SMILES string of the molecule is Cn1ccnc1[C@H]1[C@H](NCc2ccc(C#N)cc2)CCC(=O)N1C1CC1. The van der Waals surface area contributed by atoms with Gasteiger partial charge in [-0.05, 0) is 37.0 Å². The quantitative estimate of drug-likeness (QED) is 0.899. The van der Waals surface area contributed by atoms with E-state index in [0.29, 0.717) is 24.6 Å². The first-order valence-electron chi connectivity index (χ1n) is 9.18. The van der Waals surface area contributed by atoms with Crippen molar-refractivity contribution in [1.82, 2.24) is 19.8 Å². The second-order valence-electron chi connectivity index (χ2n) is 7.21. The Morgan fingerprint density at radius 1 is 1.27 bits per heavy atom. The second-order valence-corrected chi connectivity index (χ2v) is 7.21. The minimum absolute atomic E-state index is 0.0258. The molecule has 1 N–H and O–H groups in total. The number of nitrogens with one attached hydrogen (secondary N) is 1. The molecule has 0 bridgehead atoms. The van der Waals surface area contributed by atoms with E-state index >= 15 is 0 Å². The van der Waals surface area contributed by atoms with E-state index in [0.717, 1.165) is 30.7 Å². The summed E-state index contributed by atoms with van der Waals surface area (Å²) in [5, 5.41) is 12.6. The van der Waals surface area contributed by atoms with Crippen molar-refractivity contribution in [3.05, 3.63) is 53.6 Å². The van der Waals surface area contributed by atoms with Crippen molar-refractivity contribution in [1.29, 1.82) is 5.26 Å². The minimum Gasteiger partial charge on any atom is -0.336 e. The summed E-state index contributed by atoms with van der Waals surface area (Å²) in [4.78, 5) is 19.2. The summed E-state index contributed by atoms with van der Waals surface area (Å²) in [6, 6.07) is 10.3. The lowest BCUT2D eigenvalue weighted by Gasteiger charge is -2.41. The number of carbonyl (C=O) groups excluding carboxylic acids is 1. The Balaban J connectivity index is 1.55. The molecule has 1 aliphatic heterocycles. The minimum atomic E-state index is -0.0258. The number of benzene rings is 1. The summed E-state index contributed by atoms with van der Waals surface area (Å²) in [7, 11) is 1.99. The Hall–Kier alpha value is -2.65. The van der Waals surface area contributed by atoms with Crippen LogP contribution < -0.4 is 5.32 Å². The van der Waals surface area contributed by atoms with Crippen molar-refractivity contribution in [2.75, 3.05) is 0 Å². The van der Waals surface area contributed by atoms with Crippen LogP contribution in [0.15, 0.2) is 36.7 Å². The molecule has 0 spiro atoms. The molecule has 1 aliphatic carbocycles. The molecule has 134 valence electrons. The van der Waals surface area contributed by atoms with E-state index in [1.54, 1.807) is 6.20 Å². The largest absolute Gasteiger partial charge is 0.336 e. The van der Waals surface area contributed by atoms with Crippen molar-refractivity contribution >= 4 is 5.91 Å². The lowest BCUT2D eigenvalue weighted by atomic mass is 9.94. The molecule has 2 fully saturated rings. The molecule has 1 aromatic carbocycles. The molecule has 0 radical (unpaired) electrons. The average molecular weight is 349 g/mol. The van der Waals surface area contributed by atoms with Gasteiger partial charge in [-0.1, -0.05) is 12.1 Å². The zero-order chi connectivity index (χ0) is 18.1. The fraction of sp³-hybridized carbons (Fsp3) is 0.450. The van der Waals surface area contributed by atoms with Crippen molar-refractivity contribution in [3.8, 4) is 6.07 Å². The van der Waals surface area contributed by atoms with Gasteiger partial charge in [0.1, 0.15) is 11.9 Å². The third-order valence-electron chi connectivity index (χ3n) is 5.35. The van der Waals surface area contributed by atoms with Crippen LogP contribution in [0.1, 0.15) is 48.7 Å². The number of hydrogen-bond donors (Lipinski definition) is 1. The molecule has 6 heteroatoms. The third kappa shape index (κ3) is 3.23. The average Bonchev–Trinajstić information content (AvgIpc) is 3.41. The number of hydrogen-bond acceptors (Lipinski definition) is 4. The number of imidazole rings is 1. The molecule has 1 saturated heterocycles. The molecule has 1 amide bonds. The molecular formula is C20H23N5O. The Morgan fingerprint density at radius 2 is 2.04 bits per heavy atom. The van der Waals surface area contributed by atoms with Crippen LogP contribution in [0.2, 0.25) is 0 Å². The maximum Gasteiger partial charge on any atom is 0.223 e. The van der Waals surface area contributed by atoms with Gasteiger partial charge in [0.05, 0.1) is 11.6 Å². The molecule has 4 rings (SSSR count). The van der Waals surface area contributed by atoms with Crippen molar-refractivity contribution < 1.29 is 4.79 Å². The fourth-order valence-electron chi connectivity index (χ4n) is 3.82. The highest BCUT2D eigenvalue weighted by molar-refractivity contribution is 5.78. The Bertz CT molecular complexity index is 831. The molecule has 2 aliphatic rings. The summed E-state index contributed by atoms with van der Waals surface area (Å²) in [5.74, 6) is 1.19. The van der Waals surface area contributed by atoms with Crippen molar-refractivity contribution in [2.24, 2.45) is 7.05 Å². The van der Waals surface area contributed by atoms with E-state index in [4.69, 9.17) is 5.26 Å². The number of nitrogens with zero attached hydrogens (tertiary/aromatic N) is 4. The molecular weight excluding hydrogens is 326 g/mol. The summed E-state index contributed by atoms with van der Waals surface area (Å²) >= 11 is 0. The summed E-state index contributed by atoms with van der Waals surface area (Å²) in [5.41, 5.74) is 1.81. The van der Waals surface area contributed by atoms with Gasteiger partial charge in [0.15, 0.2) is 0 Å². The zero-order valence-corrected chi connectivity index (χ0v) is 14.9. The maximum absolute atomic E-state index is 12.6. The van der Waals surface area contributed by atoms with E-state index in [1.165, 1.54) is 0 Å². The molecule has 1 aromatic heterocycles. The first kappa shape index (κ1) is 16.8. The van der Waals surface area contributed by atoms with E-state index in [-0.39, 0.29) is 18.0 Å². The van der Waals surface area contributed by atoms with Crippen LogP contribution in [0.3, 0.4) is 0 Å². The third-order valence-corrected chi connectivity index (χ3v) is 5.35. The molecule has 6 nitrogen and oxygen atoms in total. The van der Waals surface area contributed by atoms with Gasteiger partial charge in [-0.25, -0.2) is 4.98 Å². The standard InChI is InChI=1S/C20H23N5O/c1-24-11-10-22-20(24)19-17(8-9-18(26)25(19)16-6-7-16)23-13-15-4-2-14(12-21)3-5-15/h2-5,10-11,16-17,19,23H,6-9,13H2,1H3/t17-,19-/m1/s1. The number of aryl methyl sites for hydroxylation is 1. The number of carbonyl (C=O) groups is 1. The number of amides is 1. The van der Waals surface area contributed by atoms with Crippen LogP contribution in [0.25, 0.3) is 0 Å². The highest BCUT2D eigenvalue weighted by Gasteiger charge is 2.45. The Kier molecular flexibility index (Phi) is 4.48. The molecule has 26 heavy (non-hydrogen) atoms. The number of nitriles is 1. The highest BCUT2D eigenvalue weighted by Crippen LogP contribution is 2.40. The van der Waals surface area contributed by atoms with Gasteiger partial charge in [0, 0.05) is 44.5 Å². The van der Waals surface area contributed by atoms with Crippen LogP contribution in [-0.4, -0.2) is 32.4 Å². The molecule has 0 unspecified atom stereocenters. The van der Waals surface area contributed by atoms with Gasteiger partial charge < -0.3 is 14.8 Å². The summed E-state index contributed by atoms with van der Waals surface area (Å²) in [6.07, 6.45) is 7.33. The maximum atomic E-state index is 12.6. The van der Waals surface area contributed by atoms with E-state index < -0.39 is 0 Å². The van der Waals surface area contributed by atoms with Gasteiger partial charge >= 0.3 is 0 Å². The molecule has 2 aromatic rings. The first-order chi connectivity index (χ1) is 12.7. The van der Waals surface area contributed by atoms with Crippen molar-refractivity contribution in [2.45, 2.75) is 50.4 Å². The smallest absolute Gasteiger partial charge is 0.223 e. The Morgan fingerprint density at radius 3 is 2.65 bits per heavy atom. The number of piperidine rings is 1. The molecule has 2 atom stereocenters.